The summed E-state index contributed by atoms with van der Waals surface area (Å²) in [5, 5.41) is 4.16. The molecular weight excluding hydrogens is 284 g/mol. The fraction of sp³-hybridized carbons (Fsp3) is 0.167. The van der Waals surface area contributed by atoms with Crippen LogP contribution in [-0.4, -0.2) is 22.9 Å². The fourth-order valence-electron chi connectivity index (χ4n) is 1.57. The summed E-state index contributed by atoms with van der Waals surface area (Å²) in [5.74, 6) is -0.327. The lowest BCUT2D eigenvalue weighted by Crippen LogP contribution is -2.09. The Bertz CT molecular complexity index is 537. The van der Waals surface area contributed by atoms with E-state index in [0.29, 0.717) is 12.1 Å². The van der Waals surface area contributed by atoms with Crippen molar-refractivity contribution in [2.24, 2.45) is 0 Å². The Labute approximate surface area is 107 Å². The van der Waals surface area contributed by atoms with Gasteiger partial charge >= 0.3 is 5.97 Å². The van der Waals surface area contributed by atoms with E-state index in [-0.39, 0.29) is 5.97 Å². The van der Waals surface area contributed by atoms with E-state index in [1.807, 2.05) is 24.4 Å². The van der Waals surface area contributed by atoms with E-state index in [1.54, 1.807) is 16.9 Å². The van der Waals surface area contributed by atoms with Gasteiger partial charge in [0.2, 0.25) is 0 Å². The van der Waals surface area contributed by atoms with Gasteiger partial charge in [-0.2, -0.15) is 5.10 Å². The van der Waals surface area contributed by atoms with Crippen molar-refractivity contribution >= 4 is 21.9 Å². The first kappa shape index (κ1) is 11.9. The van der Waals surface area contributed by atoms with E-state index in [2.05, 4.69) is 21.0 Å². The molecule has 0 atom stereocenters. The van der Waals surface area contributed by atoms with Crippen LogP contribution in [0.1, 0.15) is 15.9 Å². The van der Waals surface area contributed by atoms with Crippen LogP contribution < -0.4 is 0 Å². The van der Waals surface area contributed by atoms with E-state index in [0.717, 1.165) is 10.0 Å². The summed E-state index contributed by atoms with van der Waals surface area (Å²) in [6.07, 6.45) is 3.56. The lowest BCUT2D eigenvalue weighted by molar-refractivity contribution is 0.0599. The lowest BCUT2D eigenvalue weighted by Gasteiger charge is -2.07. The number of halogens is 1. The Balaban J connectivity index is 2.29. The molecule has 0 aliphatic rings. The summed E-state index contributed by atoms with van der Waals surface area (Å²) < 4.78 is 7.41. The van der Waals surface area contributed by atoms with E-state index >= 15 is 0 Å². The smallest absolute Gasteiger partial charge is 0.338 e. The molecule has 17 heavy (non-hydrogen) atoms. The van der Waals surface area contributed by atoms with Gasteiger partial charge in [-0.15, -0.1) is 0 Å². The molecule has 1 aromatic heterocycles. The molecule has 0 N–H and O–H groups in total. The Morgan fingerprint density at radius 1 is 1.47 bits per heavy atom. The molecule has 88 valence electrons. The summed E-state index contributed by atoms with van der Waals surface area (Å²) >= 11 is 3.33. The summed E-state index contributed by atoms with van der Waals surface area (Å²) in [4.78, 5) is 11.6. The summed E-state index contributed by atoms with van der Waals surface area (Å²) in [6, 6.07) is 7.34. The fourth-order valence-corrected chi connectivity index (χ4v) is 1.89. The molecule has 1 heterocycles. The quantitative estimate of drug-likeness (QED) is 0.817. The zero-order valence-electron chi connectivity index (χ0n) is 9.26. The predicted octanol–water partition coefficient (Wildman–Crippen LogP) is 2.48. The highest BCUT2D eigenvalue weighted by Crippen LogP contribution is 2.13. The molecule has 0 aliphatic carbocycles. The Morgan fingerprint density at radius 3 is 2.88 bits per heavy atom. The number of hydrogen-bond acceptors (Lipinski definition) is 3. The molecule has 0 saturated heterocycles. The van der Waals surface area contributed by atoms with Gasteiger partial charge in [0.05, 0.1) is 29.9 Å². The summed E-state index contributed by atoms with van der Waals surface area (Å²) in [6.45, 7) is 0.539. The molecule has 2 aromatic rings. The lowest BCUT2D eigenvalue weighted by atomic mass is 10.1. The highest BCUT2D eigenvalue weighted by molar-refractivity contribution is 9.10. The Hall–Kier alpha value is -1.62. The van der Waals surface area contributed by atoms with E-state index < -0.39 is 0 Å². The Kier molecular flexibility index (Phi) is 3.58. The van der Waals surface area contributed by atoms with Gasteiger partial charge in [-0.05, 0) is 27.6 Å². The van der Waals surface area contributed by atoms with Crippen molar-refractivity contribution < 1.29 is 9.53 Å². The van der Waals surface area contributed by atoms with Crippen LogP contribution in [0.15, 0.2) is 41.1 Å². The zero-order valence-corrected chi connectivity index (χ0v) is 10.8. The minimum Gasteiger partial charge on any atom is -0.465 e. The maximum Gasteiger partial charge on any atom is 0.338 e. The number of esters is 1. The normalized spacial score (nSPS) is 10.2. The SMILES string of the molecule is COC(=O)c1ccccc1Cn1cc(Br)cn1. The van der Waals surface area contributed by atoms with Crippen LogP contribution in [0.4, 0.5) is 0 Å². The molecule has 0 aliphatic heterocycles. The van der Waals surface area contributed by atoms with Crippen molar-refractivity contribution in [2.45, 2.75) is 6.54 Å². The molecule has 5 heteroatoms. The van der Waals surface area contributed by atoms with Gasteiger partial charge in [0.15, 0.2) is 0 Å². The third-order valence-corrected chi connectivity index (χ3v) is 2.77. The van der Waals surface area contributed by atoms with Gasteiger partial charge in [-0.1, -0.05) is 18.2 Å². The molecule has 0 spiro atoms. The summed E-state index contributed by atoms with van der Waals surface area (Å²) in [7, 11) is 1.38. The van der Waals surface area contributed by atoms with Gasteiger partial charge < -0.3 is 4.74 Å². The molecule has 2 rings (SSSR count). The van der Waals surface area contributed by atoms with Gasteiger partial charge in [0, 0.05) is 6.20 Å². The highest BCUT2D eigenvalue weighted by atomic mass is 79.9. The number of benzene rings is 1. The first-order chi connectivity index (χ1) is 8.20. The van der Waals surface area contributed by atoms with Gasteiger partial charge in [0.25, 0.3) is 0 Å². The third-order valence-electron chi connectivity index (χ3n) is 2.36. The molecule has 0 unspecified atom stereocenters. The molecule has 0 bridgehead atoms. The van der Waals surface area contributed by atoms with Crippen molar-refractivity contribution in [2.75, 3.05) is 7.11 Å². The van der Waals surface area contributed by atoms with E-state index in [4.69, 9.17) is 4.74 Å². The number of hydrogen-bond donors (Lipinski definition) is 0. The average Bonchev–Trinajstić information content (AvgIpc) is 2.74. The molecular formula is C12H11BrN2O2. The third kappa shape index (κ3) is 2.74. The van der Waals surface area contributed by atoms with E-state index in [9.17, 15) is 4.79 Å². The number of carbonyl (C=O) groups is 1. The van der Waals surface area contributed by atoms with Crippen LogP contribution in [0.2, 0.25) is 0 Å². The van der Waals surface area contributed by atoms with E-state index in [1.165, 1.54) is 7.11 Å². The van der Waals surface area contributed by atoms with Crippen LogP contribution in [0.5, 0.6) is 0 Å². The van der Waals surface area contributed by atoms with Gasteiger partial charge in [0.1, 0.15) is 0 Å². The van der Waals surface area contributed by atoms with Crippen molar-refractivity contribution in [3.8, 4) is 0 Å². The average molecular weight is 295 g/mol. The minimum atomic E-state index is -0.327. The van der Waals surface area contributed by atoms with Crippen molar-refractivity contribution in [3.63, 3.8) is 0 Å². The standard InChI is InChI=1S/C12H11BrN2O2/c1-17-12(16)11-5-3-2-4-9(11)7-15-8-10(13)6-14-15/h2-6,8H,7H2,1H3. The number of methoxy groups -OCH3 is 1. The molecule has 0 saturated carbocycles. The van der Waals surface area contributed by atoms with Crippen LogP contribution in [0.3, 0.4) is 0 Å². The van der Waals surface area contributed by atoms with Crippen molar-refractivity contribution in [1.82, 2.24) is 9.78 Å². The second-order valence-corrected chi connectivity index (χ2v) is 4.42. The van der Waals surface area contributed by atoms with Crippen molar-refractivity contribution in [1.29, 1.82) is 0 Å². The summed E-state index contributed by atoms with van der Waals surface area (Å²) in [5.41, 5.74) is 1.46. The van der Waals surface area contributed by atoms with Gasteiger partial charge in [-0.25, -0.2) is 4.79 Å². The number of rotatable bonds is 3. The van der Waals surface area contributed by atoms with Gasteiger partial charge in [-0.3, -0.25) is 4.68 Å². The van der Waals surface area contributed by atoms with Crippen LogP contribution in [0.25, 0.3) is 0 Å². The van der Waals surface area contributed by atoms with Crippen LogP contribution in [0, 0.1) is 0 Å². The topological polar surface area (TPSA) is 44.1 Å². The molecule has 4 nitrogen and oxygen atoms in total. The maximum absolute atomic E-state index is 11.6. The van der Waals surface area contributed by atoms with Crippen molar-refractivity contribution in [3.05, 3.63) is 52.3 Å². The number of aromatic nitrogens is 2. The maximum atomic E-state index is 11.6. The molecule has 0 radical (unpaired) electrons. The van der Waals surface area contributed by atoms with Crippen LogP contribution >= 0.6 is 15.9 Å². The highest BCUT2D eigenvalue weighted by Gasteiger charge is 2.11. The number of carbonyl (C=O) groups excluding carboxylic acids is 1. The first-order valence-electron chi connectivity index (χ1n) is 5.05. The molecule has 0 amide bonds. The van der Waals surface area contributed by atoms with Crippen LogP contribution in [-0.2, 0) is 11.3 Å². The second-order valence-electron chi connectivity index (χ2n) is 3.50. The second kappa shape index (κ2) is 5.14. The number of nitrogens with zero attached hydrogens (tertiary/aromatic N) is 2. The first-order valence-corrected chi connectivity index (χ1v) is 5.84. The monoisotopic (exact) mass is 294 g/mol. The molecule has 1 aromatic carbocycles. The predicted molar refractivity (Wildman–Crippen MR) is 66.8 cm³/mol. The zero-order chi connectivity index (χ0) is 12.3. The minimum absolute atomic E-state index is 0.327. The number of ether oxygens (including phenoxy) is 1. The Morgan fingerprint density at radius 2 is 2.24 bits per heavy atom. The largest absolute Gasteiger partial charge is 0.465 e. The molecule has 0 fully saturated rings.